The summed E-state index contributed by atoms with van der Waals surface area (Å²) in [4.78, 5) is 10.8. The van der Waals surface area contributed by atoms with Crippen LogP contribution in [0.15, 0.2) is 60.0 Å². The number of thioether (sulfide) groups is 1. The van der Waals surface area contributed by atoms with Crippen LogP contribution in [0.4, 0.5) is 4.39 Å². The highest BCUT2D eigenvalue weighted by atomic mass is 32.2. The summed E-state index contributed by atoms with van der Waals surface area (Å²) in [5.74, 6) is -0.178. The van der Waals surface area contributed by atoms with E-state index in [1.165, 1.54) is 22.9 Å². The van der Waals surface area contributed by atoms with Crippen LogP contribution in [0.2, 0.25) is 0 Å². The molecule has 0 N–H and O–H groups in total. The lowest BCUT2D eigenvalue weighted by molar-refractivity contribution is 0.271. The fourth-order valence-corrected chi connectivity index (χ4v) is 3.50. The minimum atomic E-state index is -0.178. The van der Waals surface area contributed by atoms with E-state index in [2.05, 4.69) is 39.1 Å². The van der Waals surface area contributed by atoms with Crippen LogP contribution in [0.25, 0.3) is 11.1 Å². The maximum absolute atomic E-state index is 14.6. The van der Waals surface area contributed by atoms with Gasteiger partial charge in [0.25, 0.3) is 0 Å². The molecule has 126 valence electrons. The summed E-state index contributed by atoms with van der Waals surface area (Å²) < 4.78 is 14.6. The molecule has 2 heterocycles. The number of hydrogen-bond donors (Lipinski definition) is 0. The van der Waals surface area contributed by atoms with Crippen LogP contribution in [0.3, 0.4) is 0 Å². The Labute approximate surface area is 150 Å². The van der Waals surface area contributed by atoms with Gasteiger partial charge in [0.1, 0.15) is 5.82 Å². The highest BCUT2D eigenvalue weighted by Crippen LogP contribution is 2.26. The van der Waals surface area contributed by atoms with Crippen molar-refractivity contribution in [1.29, 1.82) is 0 Å². The predicted octanol–water partition coefficient (Wildman–Crippen LogP) is 4.52. The van der Waals surface area contributed by atoms with E-state index in [1.807, 2.05) is 18.4 Å². The molecule has 0 amide bonds. The van der Waals surface area contributed by atoms with Crippen molar-refractivity contribution in [3.8, 4) is 11.1 Å². The van der Waals surface area contributed by atoms with Gasteiger partial charge in [0.05, 0.1) is 0 Å². The Morgan fingerprint density at radius 3 is 2.28 bits per heavy atom. The summed E-state index contributed by atoms with van der Waals surface area (Å²) >= 11 is 1.49. The molecule has 0 atom stereocenters. The van der Waals surface area contributed by atoms with Crippen LogP contribution >= 0.6 is 11.8 Å². The zero-order valence-corrected chi connectivity index (χ0v) is 14.8. The van der Waals surface area contributed by atoms with Gasteiger partial charge in [-0.2, -0.15) is 0 Å². The van der Waals surface area contributed by atoms with Gasteiger partial charge in [-0.05, 0) is 29.0 Å². The Balaban J connectivity index is 1.50. The molecule has 3 aromatic rings. The molecule has 4 rings (SSSR count). The minimum Gasteiger partial charge on any atom is -0.290 e. The number of halogens is 1. The maximum Gasteiger partial charge on any atom is 0.187 e. The van der Waals surface area contributed by atoms with Gasteiger partial charge < -0.3 is 0 Å². The number of aromatic nitrogens is 2. The van der Waals surface area contributed by atoms with Crippen molar-refractivity contribution in [2.24, 2.45) is 0 Å². The highest BCUT2D eigenvalue weighted by molar-refractivity contribution is 7.98. The molecule has 0 radical (unpaired) electrons. The Hall–Kier alpha value is -2.24. The van der Waals surface area contributed by atoms with Crippen LogP contribution in [0, 0.1) is 5.82 Å². The van der Waals surface area contributed by atoms with E-state index in [0.717, 1.165) is 34.9 Å². The standard InChI is InChI=1S/C20H18FN3S/c1-25-20-22-9-18(10-23-20)14-6-7-17(19(21)8-14)13-24-11-15-4-2-3-5-16(15)12-24/h2-10H,11-13H2,1H3. The van der Waals surface area contributed by atoms with E-state index >= 15 is 0 Å². The molecule has 0 bridgehead atoms. The molecular weight excluding hydrogens is 333 g/mol. The van der Waals surface area contributed by atoms with E-state index in [-0.39, 0.29) is 5.82 Å². The predicted molar refractivity (Wildman–Crippen MR) is 98.6 cm³/mol. The molecule has 3 nitrogen and oxygen atoms in total. The van der Waals surface area contributed by atoms with Crippen molar-refractivity contribution in [1.82, 2.24) is 14.9 Å². The van der Waals surface area contributed by atoms with Crippen LogP contribution < -0.4 is 0 Å². The quantitative estimate of drug-likeness (QED) is 0.510. The lowest BCUT2D eigenvalue weighted by Crippen LogP contribution is -2.16. The molecule has 0 spiro atoms. The van der Waals surface area contributed by atoms with Gasteiger partial charge in [-0.25, -0.2) is 14.4 Å². The molecule has 0 saturated heterocycles. The molecule has 1 aliphatic heterocycles. The van der Waals surface area contributed by atoms with Gasteiger partial charge in [-0.1, -0.05) is 48.2 Å². The summed E-state index contributed by atoms with van der Waals surface area (Å²) in [5.41, 5.74) is 5.03. The maximum atomic E-state index is 14.6. The zero-order chi connectivity index (χ0) is 17.2. The highest BCUT2D eigenvalue weighted by Gasteiger charge is 2.19. The van der Waals surface area contributed by atoms with Crippen LogP contribution in [0.5, 0.6) is 0 Å². The van der Waals surface area contributed by atoms with Crippen molar-refractivity contribution in [2.75, 3.05) is 6.26 Å². The Morgan fingerprint density at radius 2 is 1.68 bits per heavy atom. The Morgan fingerprint density at radius 1 is 1.00 bits per heavy atom. The van der Waals surface area contributed by atoms with E-state index in [4.69, 9.17) is 0 Å². The van der Waals surface area contributed by atoms with Crippen molar-refractivity contribution >= 4 is 11.8 Å². The normalized spacial score (nSPS) is 13.8. The molecule has 2 aromatic carbocycles. The summed E-state index contributed by atoms with van der Waals surface area (Å²) in [5, 5.41) is 0.717. The summed E-state index contributed by atoms with van der Waals surface area (Å²) in [6.45, 7) is 2.37. The zero-order valence-electron chi connectivity index (χ0n) is 13.9. The summed E-state index contributed by atoms with van der Waals surface area (Å²) in [7, 11) is 0. The number of nitrogens with zero attached hydrogens (tertiary/aromatic N) is 3. The van der Waals surface area contributed by atoms with Crippen molar-refractivity contribution < 1.29 is 4.39 Å². The third kappa shape index (κ3) is 3.43. The lowest BCUT2D eigenvalue weighted by atomic mass is 10.1. The lowest BCUT2D eigenvalue weighted by Gasteiger charge is -2.16. The van der Waals surface area contributed by atoms with Crippen molar-refractivity contribution in [3.63, 3.8) is 0 Å². The van der Waals surface area contributed by atoms with Gasteiger partial charge in [-0.3, -0.25) is 4.90 Å². The molecule has 0 aliphatic carbocycles. The van der Waals surface area contributed by atoms with E-state index in [1.54, 1.807) is 18.5 Å². The van der Waals surface area contributed by atoms with Gasteiger partial charge in [0.15, 0.2) is 5.16 Å². The van der Waals surface area contributed by atoms with Gasteiger partial charge in [0.2, 0.25) is 0 Å². The average molecular weight is 351 g/mol. The van der Waals surface area contributed by atoms with Gasteiger partial charge >= 0.3 is 0 Å². The molecule has 0 unspecified atom stereocenters. The number of rotatable bonds is 4. The molecular formula is C20H18FN3S. The largest absolute Gasteiger partial charge is 0.290 e. The molecule has 1 aromatic heterocycles. The SMILES string of the molecule is CSc1ncc(-c2ccc(CN3Cc4ccccc4C3)c(F)c2)cn1. The second-order valence-electron chi connectivity index (χ2n) is 6.18. The van der Waals surface area contributed by atoms with Gasteiger partial charge in [0, 0.05) is 43.2 Å². The smallest absolute Gasteiger partial charge is 0.187 e. The first-order valence-corrected chi connectivity index (χ1v) is 9.39. The van der Waals surface area contributed by atoms with E-state index < -0.39 is 0 Å². The molecule has 0 fully saturated rings. The minimum absolute atomic E-state index is 0.178. The molecule has 0 saturated carbocycles. The third-order valence-electron chi connectivity index (χ3n) is 4.50. The van der Waals surface area contributed by atoms with Gasteiger partial charge in [-0.15, -0.1) is 0 Å². The number of hydrogen-bond acceptors (Lipinski definition) is 4. The first kappa shape index (κ1) is 16.2. The van der Waals surface area contributed by atoms with Crippen molar-refractivity contribution in [3.05, 3.63) is 77.4 Å². The Bertz CT molecular complexity index is 871. The average Bonchev–Trinajstić information content (AvgIpc) is 3.06. The van der Waals surface area contributed by atoms with Crippen LogP contribution in [0.1, 0.15) is 16.7 Å². The Kier molecular flexibility index (Phi) is 4.51. The summed E-state index contributed by atoms with van der Waals surface area (Å²) in [6, 6.07) is 13.8. The van der Waals surface area contributed by atoms with E-state index in [9.17, 15) is 4.39 Å². The third-order valence-corrected chi connectivity index (χ3v) is 5.07. The monoisotopic (exact) mass is 351 g/mol. The van der Waals surface area contributed by atoms with Crippen molar-refractivity contribution in [2.45, 2.75) is 24.8 Å². The van der Waals surface area contributed by atoms with Crippen LogP contribution in [-0.4, -0.2) is 21.1 Å². The summed E-state index contributed by atoms with van der Waals surface area (Å²) in [6.07, 6.45) is 5.41. The topological polar surface area (TPSA) is 29.0 Å². The molecule has 5 heteroatoms. The van der Waals surface area contributed by atoms with Crippen LogP contribution in [-0.2, 0) is 19.6 Å². The number of benzene rings is 2. The van der Waals surface area contributed by atoms with E-state index in [0.29, 0.717) is 6.54 Å². The number of fused-ring (bicyclic) bond motifs is 1. The fourth-order valence-electron chi connectivity index (χ4n) is 3.18. The fraction of sp³-hybridized carbons (Fsp3) is 0.200. The molecule has 1 aliphatic rings. The second kappa shape index (κ2) is 6.94. The molecule has 25 heavy (non-hydrogen) atoms. The first-order chi connectivity index (χ1) is 12.2. The first-order valence-electron chi connectivity index (χ1n) is 8.17. The second-order valence-corrected chi connectivity index (χ2v) is 6.95.